The van der Waals surface area contributed by atoms with E-state index in [0.717, 1.165) is 0 Å². The zero-order chi connectivity index (χ0) is 6.57. The minimum absolute atomic E-state index is 0.208. The molecule has 0 rings (SSSR count). The third-order valence-electron chi connectivity index (χ3n) is 0.521. The molecule has 0 saturated heterocycles. The molecule has 0 N–H and O–H groups in total. The van der Waals surface area contributed by atoms with Crippen LogP contribution < -0.4 is 0 Å². The van der Waals surface area contributed by atoms with Gasteiger partial charge in [-0.1, -0.05) is 6.58 Å². The van der Waals surface area contributed by atoms with Crippen LogP contribution in [0.15, 0.2) is 17.4 Å². The fraction of sp³-hybridized carbons (Fsp3) is 0.400. The molecule has 1 nitrogen and oxygen atoms in total. The fourth-order valence-electron chi connectivity index (χ4n) is 0.225. The van der Waals surface area contributed by atoms with E-state index in [9.17, 15) is 4.39 Å². The van der Waals surface area contributed by atoms with Gasteiger partial charge in [-0.2, -0.15) is 0 Å². The van der Waals surface area contributed by atoms with Crippen LogP contribution in [-0.2, 0) is 0 Å². The van der Waals surface area contributed by atoms with E-state index in [4.69, 9.17) is 0 Å². The van der Waals surface area contributed by atoms with E-state index in [-0.39, 0.29) is 4.62 Å². The van der Waals surface area contributed by atoms with E-state index in [1.165, 1.54) is 0 Å². The predicted octanol–water partition coefficient (Wildman–Crippen LogP) is 2.28. The van der Waals surface area contributed by atoms with Crippen molar-refractivity contribution in [2.75, 3.05) is 6.54 Å². The average Bonchev–Trinajstić information content (AvgIpc) is 1.67. The van der Waals surface area contributed by atoms with Gasteiger partial charge in [0, 0.05) is 6.54 Å². The van der Waals surface area contributed by atoms with Crippen molar-refractivity contribution in [1.29, 1.82) is 0 Å². The molecular formula is C5H7BrFN. The Hall–Kier alpha value is -0.180. The maximum Gasteiger partial charge on any atom is 0.148 e. The smallest absolute Gasteiger partial charge is 0.148 e. The molecule has 46 valence electrons. The molecule has 0 aromatic rings. The van der Waals surface area contributed by atoms with E-state index < -0.39 is 5.83 Å². The standard InChI is InChI=1S/C5H7BrFN/c1-3-8-5(6)4(2)7/h2-3H2,1H3. The third-order valence-corrected chi connectivity index (χ3v) is 1.20. The molecule has 0 aliphatic carbocycles. The lowest BCUT2D eigenvalue weighted by atomic mass is 10.6. The molecule has 0 aromatic heterocycles. The Bertz CT molecular complexity index is 120. The SMILES string of the molecule is C=C(F)C(Br)=NCC. The molecule has 0 saturated carbocycles. The maximum atomic E-state index is 11.9. The zero-order valence-corrected chi connectivity index (χ0v) is 6.20. The summed E-state index contributed by atoms with van der Waals surface area (Å²) in [6.07, 6.45) is 0. The van der Waals surface area contributed by atoms with Gasteiger partial charge in [0.25, 0.3) is 0 Å². The highest BCUT2D eigenvalue weighted by molar-refractivity contribution is 9.18. The second kappa shape index (κ2) is 3.78. The van der Waals surface area contributed by atoms with E-state index in [1.54, 1.807) is 0 Å². The van der Waals surface area contributed by atoms with E-state index in [2.05, 4.69) is 27.5 Å². The van der Waals surface area contributed by atoms with Crippen molar-refractivity contribution in [2.45, 2.75) is 6.92 Å². The molecule has 0 spiro atoms. The Morgan fingerprint density at radius 2 is 2.38 bits per heavy atom. The molecule has 0 unspecified atom stereocenters. The summed E-state index contributed by atoms with van der Waals surface area (Å²) in [6.45, 7) is 5.43. The van der Waals surface area contributed by atoms with Crippen LogP contribution in [0.1, 0.15) is 6.92 Å². The van der Waals surface area contributed by atoms with E-state index in [1.807, 2.05) is 6.92 Å². The largest absolute Gasteiger partial charge is 0.275 e. The Kier molecular flexibility index (Phi) is 3.69. The molecule has 0 heterocycles. The Balaban J connectivity index is 3.80. The molecule has 3 heteroatoms. The van der Waals surface area contributed by atoms with Crippen LogP contribution in [0.4, 0.5) is 4.39 Å². The molecule has 0 aliphatic heterocycles. The first-order valence-corrected chi connectivity index (χ1v) is 3.02. The first kappa shape index (κ1) is 7.82. The summed E-state index contributed by atoms with van der Waals surface area (Å²) < 4.78 is 12.1. The molecule has 0 radical (unpaired) electrons. The van der Waals surface area contributed by atoms with Gasteiger partial charge in [0.1, 0.15) is 10.4 Å². The summed E-state index contributed by atoms with van der Waals surface area (Å²) in [5.74, 6) is -0.521. The van der Waals surface area contributed by atoms with Gasteiger partial charge in [0.15, 0.2) is 0 Å². The number of halogens is 2. The van der Waals surface area contributed by atoms with Crippen LogP contribution in [0.3, 0.4) is 0 Å². The summed E-state index contributed by atoms with van der Waals surface area (Å²) >= 11 is 2.88. The normalized spacial score (nSPS) is 11.6. The van der Waals surface area contributed by atoms with Gasteiger partial charge < -0.3 is 0 Å². The lowest BCUT2D eigenvalue weighted by molar-refractivity contribution is 0.688. The Labute approximate surface area is 56.4 Å². The second-order valence-corrected chi connectivity index (χ2v) is 1.92. The van der Waals surface area contributed by atoms with Crippen molar-refractivity contribution < 1.29 is 4.39 Å². The summed E-state index contributed by atoms with van der Waals surface area (Å²) in [6, 6.07) is 0. The molecule has 0 fully saturated rings. The van der Waals surface area contributed by atoms with Crippen molar-refractivity contribution in [1.82, 2.24) is 0 Å². The number of nitrogens with zero attached hydrogens (tertiary/aromatic N) is 1. The van der Waals surface area contributed by atoms with Crippen molar-refractivity contribution in [3.8, 4) is 0 Å². The molecule has 0 amide bonds. The van der Waals surface area contributed by atoms with Gasteiger partial charge in [0.05, 0.1) is 0 Å². The van der Waals surface area contributed by atoms with Crippen molar-refractivity contribution >= 4 is 20.6 Å². The van der Waals surface area contributed by atoms with Gasteiger partial charge in [0.2, 0.25) is 0 Å². The molecule has 8 heavy (non-hydrogen) atoms. The van der Waals surface area contributed by atoms with Gasteiger partial charge in [-0.05, 0) is 22.9 Å². The van der Waals surface area contributed by atoms with Gasteiger partial charge in [-0.25, -0.2) is 4.39 Å². The zero-order valence-electron chi connectivity index (χ0n) is 4.62. The third kappa shape index (κ3) is 2.91. The first-order chi connectivity index (χ1) is 3.68. The monoisotopic (exact) mass is 179 g/mol. The number of hydrogen-bond donors (Lipinski definition) is 0. The average molecular weight is 180 g/mol. The first-order valence-electron chi connectivity index (χ1n) is 2.23. The van der Waals surface area contributed by atoms with Crippen LogP contribution >= 0.6 is 15.9 Å². The Morgan fingerprint density at radius 3 is 2.50 bits per heavy atom. The van der Waals surface area contributed by atoms with Crippen molar-refractivity contribution in [3.63, 3.8) is 0 Å². The summed E-state index contributed by atoms with van der Waals surface area (Å²) in [5.41, 5.74) is 0. The Morgan fingerprint density at radius 1 is 1.88 bits per heavy atom. The van der Waals surface area contributed by atoms with E-state index in [0.29, 0.717) is 6.54 Å². The van der Waals surface area contributed by atoms with E-state index >= 15 is 0 Å². The molecular weight excluding hydrogens is 173 g/mol. The van der Waals surface area contributed by atoms with Crippen LogP contribution in [0.5, 0.6) is 0 Å². The number of aliphatic imine (C=N–C) groups is 1. The second-order valence-electron chi connectivity index (χ2n) is 1.17. The summed E-state index contributed by atoms with van der Waals surface area (Å²) in [7, 11) is 0. The highest BCUT2D eigenvalue weighted by atomic mass is 79.9. The quantitative estimate of drug-likeness (QED) is 0.578. The summed E-state index contributed by atoms with van der Waals surface area (Å²) in [4.78, 5) is 3.68. The molecule has 0 bridgehead atoms. The number of hydrogen-bond acceptors (Lipinski definition) is 1. The highest BCUT2D eigenvalue weighted by Crippen LogP contribution is 2.02. The van der Waals surface area contributed by atoms with Crippen molar-refractivity contribution in [3.05, 3.63) is 12.4 Å². The van der Waals surface area contributed by atoms with Crippen LogP contribution in [0, 0.1) is 0 Å². The fourth-order valence-corrected chi connectivity index (χ4v) is 0.475. The van der Waals surface area contributed by atoms with Crippen molar-refractivity contribution in [2.24, 2.45) is 4.99 Å². The molecule has 0 aromatic carbocycles. The van der Waals surface area contributed by atoms with Gasteiger partial charge in [-0.3, -0.25) is 4.99 Å². The lowest BCUT2D eigenvalue weighted by Crippen LogP contribution is -1.85. The minimum atomic E-state index is -0.521. The molecule has 0 aliphatic rings. The van der Waals surface area contributed by atoms with Crippen LogP contribution in [-0.4, -0.2) is 11.2 Å². The molecule has 0 atom stereocenters. The van der Waals surface area contributed by atoms with Crippen LogP contribution in [0.2, 0.25) is 0 Å². The highest BCUT2D eigenvalue weighted by Gasteiger charge is 1.93. The van der Waals surface area contributed by atoms with Gasteiger partial charge in [-0.15, -0.1) is 0 Å². The topological polar surface area (TPSA) is 12.4 Å². The minimum Gasteiger partial charge on any atom is -0.275 e. The number of rotatable bonds is 2. The summed E-state index contributed by atoms with van der Waals surface area (Å²) in [5, 5.41) is 0. The number of allylic oxidation sites excluding steroid dienone is 1. The lowest BCUT2D eigenvalue weighted by Gasteiger charge is -1.87. The maximum absolute atomic E-state index is 11.9. The predicted molar refractivity (Wildman–Crippen MR) is 37.2 cm³/mol. The van der Waals surface area contributed by atoms with Gasteiger partial charge >= 0.3 is 0 Å². The van der Waals surface area contributed by atoms with Crippen LogP contribution in [0.25, 0.3) is 0 Å².